The molecule has 0 atom stereocenters. The average Bonchev–Trinajstić information content (AvgIpc) is 2.98. The number of carbonyl (C=O) groups excluding carboxylic acids is 1. The molecule has 1 aromatic heterocycles. The van der Waals surface area contributed by atoms with Crippen molar-refractivity contribution in [1.29, 1.82) is 5.26 Å². The molecule has 0 fully saturated rings. The van der Waals surface area contributed by atoms with E-state index >= 15 is 0 Å². The lowest BCUT2D eigenvalue weighted by Crippen LogP contribution is -2.14. The van der Waals surface area contributed by atoms with Crippen LogP contribution in [0.2, 0.25) is 0 Å². The predicted molar refractivity (Wildman–Crippen MR) is 123 cm³/mol. The number of hydrogen-bond acceptors (Lipinski definition) is 2. The highest BCUT2D eigenvalue weighted by Gasteiger charge is 2.16. The van der Waals surface area contributed by atoms with E-state index in [1.54, 1.807) is 6.08 Å². The fourth-order valence-electron chi connectivity index (χ4n) is 3.65. The van der Waals surface area contributed by atoms with Gasteiger partial charge in [-0.1, -0.05) is 24.3 Å². The highest BCUT2D eigenvalue weighted by molar-refractivity contribution is 6.10. The second kappa shape index (κ2) is 8.42. The van der Waals surface area contributed by atoms with E-state index in [9.17, 15) is 10.1 Å². The molecule has 0 aliphatic rings. The third kappa shape index (κ3) is 4.06. The highest BCUT2D eigenvalue weighted by atomic mass is 16.1. The van der Waals surface area contributed by atoms with Crippen molar-refractivity contribution in [2.45, 2.75) is 41.5 Å². The van der Waals surface area contributed by atoms with E-state index in [2.05, 4.69) is 41.9 Å². The number of anilines is 1. The summed E-state index contributed by atoms with van der Waals surface area (Å²) in [5.74, 6) is -0.400. The minimum absolute atomic E-state index is 0.0807. The average molecular weight is 398 g/mol. The second-order valence-corrected chi connectivity index (χ2v) is 7.82. The third-order valence-electron chi connectivity index (χ3n) is 5.59. The number of carbonyl (C=O) groups is 1. The molecule has 0 unspecified atom stereocenters. The standard InChI is InChI=1S/C26H27N3O/c1-16-10-11-18(3)24(12-16)28-26(30)23(15-27)14-22-13-19(4)29(21(22)6)25-9-7-8-17(2)20(25)5/h7-14H,1-6H3,(H,28,30)/b23-14+. The van der Waals surface area contributed by atoms with Gasteiger partial charge >= 0.3 is 0 Å². The summed E-state index contributed by atoms with van der Waals surface area (Å²) >= 11 is 0. The molecular weight excluding hydrogens is 370 g/mol. The molecule has 4 heteroatoms. The maximum atomic E-state index is 12.8. The molecule has 0 aliphatic heterocycles. The fourth-order valence-corrected chi connectivity index (χ4v) is 3.65. The molecular formula is C26H27N3O. The lowest BCUT2D eigenvalue weighted by molar-refractivity contribution is -0.112. The van der Waals surface area contributed by atoms with Crippen LogP contribution in [0, 0.1) is 52.9 Å². The van der Waals surface area contributed by atoms with Gasteiger partial charge in [-0.3, -0.25) is 4.79 Å². The van der Waals surface area contributed by atoms with Gasteiger partial charge in [-0.05, 0) is 93.6 Å². The maximum Gasteiger partial charge on any atom is 0.266 e. The van der Waals surface area contributed by atoms with Gasteiger partial charge in [-0.2, -0.15) is 5.26 Å². The van der Waals surface area contributed by atoms with Crippen LogP contribution in [0.15, 0.2) is 48.0 Å². The smallest absolute Gasteiger partial charge is 0.266 e. The van der Waals surface area contributed by atoms with Crippen molar-refractivity contribution in [1.82, 2.24) is 4.57 Å². The molecule has 30 heavy (non-hydrogen) atoms. The largest absolute Gasteiger partial charge is 0.321 e. The van der Waals surface area contributed by atoms with Crippen LogP contribution >= 0.6 is 0 Å². The van der Waals surface area contributed by atoms with Gasteiger partial charge in [0, 0.05) is 22.8 Å². The molecule has 3 aromatic rings. The molecule has 3 rings (SSSR count). The SMILES string of the molecule is Cc1ccc(C)c(NC(=O)/C(C#N)=C/c2cc(C)n(-c3cccc(C)c3C)c2C)c1. The van der Waals surface area contributed by atoms with Gasteiger partial charge in [0.1, 0.15) is 11.6 Å². The summed E-state index contributed by atoms with van der Waals surface area (Å²) in [6, 6.07) is 16.2. The molecule has 0 bridgehead atoms. The van der Waals surface area contributed by atoms with E-state index in [0.717, 1.165) is 39.5 Å². The Morgan fingerprint density at radius 1 is 1.00 bits per heavy atom. The molecule has 0 saturated carbocycles. The molecule has 0 radical (unpaired) electrons. The fraction of sp³-hybridized carbons (Fsp3) is 0.231. The van der Waals surface area contributed by atoms with Gasteiger partial charge in [0.25, 0.3) is 5.91 Å². The van der Waals surface area contributed by atoms with Gasteiger partial charge in [0.15, 0.2) is 0 Å². The van der Waals surface area contributed by atoms with E-state index in [1.807, 2.05) is 58.0 Å². The Kier molecular flexibility index (Phi) is 5.94. The summed E-state index contributed by atoms with van der Waals surface area (Å²) in [7, 11) is 0. The number of hydrogen-bond donors (Lipinski definition) is 1. The minimum atomic E-state index is -0.400. The number of nitrogens with zero attached hydrogens (tertiary/aromatic N) is 2. The Bertz CT molecular complexity index is 1210. The topological polar surface area (TPSA) is 57.8 Å². The zero-order valence-corrected chi connectivity index (χ0v) is 18.4. The van der Waals surface area contributed by atoms with Crippen molar-refractivity contribution in [2.24, 2.45) is 0 Å². The first kappa shape index (κ1) is 21.1. The van der Waals surface area contributed by atoms with Gasteiger partial charge in [0.2, 0.25) is 0 Å². The van der Waals surface area contributed by atoms with Crippen LogP contribution in [0.1, 0.15) is 39.2 Å². The Balaban J connectivity index is 1.99. The summed E-state index contributed by atoms with van der Waals surface area (Å²) in [5, 5.41) is 12.5. The first-order valence-corrected chi connectivity index (χ1v) is 9.99. The van der Waals surface area contributed by atoms with E-state index in [1.165, 1.54) is 11.1 Å². The van der Waals surface area contributed by atoms with Crippen LogP contribution in [-0.2, 0) is 4.79 Å². The molecule has 152 valence electrons. The predicted octanol–water partition coefficient (Wildman–Crippen LogP) is 5.87. The third-order valence-corrected chi connectivity index (χ3v) is 5.59. The van der Waals surface area contributed by atoms with Crippen molar-refractivity contribution in [2.75, 3.05) is 5.32 Å². The number of nitriles is 1. The number of aryl methyl sites for hydroxylation is 4. The summed E-state index contributed by atoms with van der Waals surface area (Å²) in [6.45, 7) is 12.2. The first-order chi connectivity index (χ1) is 14.2. The molecule has 1 N–H and O–H groups in total. The van der Waals surface area contributed by atoms with Gasteiger partial charge in [0.05, 0.1) is 0 Å². The number of aromatic nitrogens is 1. The van der Waals surface area contributed by atoms with Gasteiger partial charge in [-0.15, -0.1) is 0 Å². The summed E-state index contributed by atoms with van der Waals surface area (Å²) in [5.41, 5.74) is 9.27. The molecule has 0 spiro atoms. The van der Waals surface area contributed by atoms with Crippen molar-refractivity contribution in [3.8, 4) is 11.8 Å². The molecule has 2 aromatic carbocycles. The van der Waals surface area contributed by atoms with E-state index < -0.39 is 5.91 Å². The quantitative estimate of drug-likeness (QED) is 0.442. The molecule has 0 aliphatic carbocycles. The Morgan fingerprint density at radius 3 is 2.43 bits per heavy atom. The molecule has 1 heterocycles. The van der Waals surface area contributed by atoms with Gasteiger partial charge < -0.3 is 9.88 Å². The highest BCUT2D eigenvalue weighted by Crippen LogP contribution is 2.26. The Morgan fingerprint density at radius 2 is 1.73 bits per heavy atom. The first-order valence-electron chi connectivity index (χ1n) is 9.99. The van der Waals surface area contributed by atoms with Crippen LogP contribution in [0.5, 0.6) is 0 Å². The second-order valence-electron chi connectivity index (χ2n) is 7.82. The van der Waals surface area contributed by atoms with Crippen LogP contribution in [-0.4, -0.2) is 10.5 Å². The van der Waals surface area contributed by atoms with Crippen LogP contribution in [0.25, 0.3) is 11.8 Å². The summed E-state index contributed by atoms with van der Waals surface area (Å²) in [4.78, 5) is 12.8. The van der Waals surface area contributed by atoms with Gasteiger partial charge in [-0.25, -0.2) is 0 Å². The lowest BCUT2D eigenvalue weighted by atomic mass is 10.1. The van der Waals surface area contributed by atoms with Crippen molar-refractivity contribution in [3.05, 3.63) is 87.2 Å². The van der Waals surface area contributed by atoms with Crippen LogP contribution in [0.3, 0.4) is 0 Å². The van der Waals surface area contributed by atoms with E-state index in [0.29, 0.717) is 0 Å². The molecule has 4 nitrogen and oxygen atoms in total. The van der Waals surface area contributed by atoms with Crippen molar-refractivity contribution < 1.29 is 4.79 Å². The number of rotatable bonds is 4. The monoisotopic (exact) mass is 397 g/mol. The Labute approximate surface area is 178 Å². The van der Waals surface area contributed by atoms with Crippen LogP contribution in [0.4, 0.5) is 5.69 Å². The van der Waals surface area contributed by atoms with Crippen LogP contribution < -0.4 is 5.32 Å². The van der Waals surface area contributed by atoms with E-state index in [-0.39, 0.29) is 5.57 Å². The maximum absolute atomic E-state index is 12.8. The molecule has 0 saturated heterocycles. The van der Waals surface area contributed by atoms with Crippen molar-refractivity contribution >= 4 is 17.7 Å². The summed E-state index contributed by atoms with van der Waals surface area (Å²) < 4.78 is 2.17. The number of benzene rings is 2. The minimum Gasteiger partial charge on any atom is -0.321 e. The number of amides is 1. The Hall–Kier alpha value is -3.58. The number of nitrogens with one attached hydrogen (secondary N) is 1. The van der Waals surface area contributed by atoms with Crippen molar-refractivity contribution in [3.63, 3.8) is 0 Å². The zero-order chi connectivity index (χ0) is 22.0. The zero-order valence-electron chi connectivity index (χ0n) is 18.4. The normalized spacial score (nSPS) is 11.3. The van der Waals surface area contributed by atoms with E-state index in [4.69, 9.17) is 0 Å². The lowest BCUT2D eigenvalue weighted by Gasteiger charge is -2.14. The summed E-state index contributed by atoms with van der Waals surface area (Å²) in [6.07, 6.45) is 1.67. The molecule has 1 amide bonds.